The van der Waals surface area contributed by atoms with Crippen LogP contribution in [0.1, 0.15) is 24.9 Å². The summed E-state index contributed by atoms with van der Waals surface area (Å²) in [5.41, 5.74) is 3.10. The fourth-order valence-corrected chi connectivity index (χ4v) is 2.64. The van der Waals surface area contributed by atoms with Crippen molar-refractivity contribution in [2.45, 2.75) is 19.4 Å². The molecule has 124 valence electrons. The maximum atomic E-state index is 5.22. The van der Waals surface area contributed by atoms with Crippen molar-refractivity contribution in [2.75, 3.05) is 12.4 Å². The van der Waals surface area contributed by atoms with Crippen LogP contribution in [0.25, 0.3) is 11.4 Å². The van der Waals surface area contributed by atoms with Gasteiger partial charge < -0.3 is 14.6 Å². The van der Waals surface area contributed by atoms with Gasteiger partial charge in [0, 0.05) is 25.0 Å². The molecule has 3 aromatic rings. The SMILES string of the molecule is CC[C@@H](Nc1cncc(-c2nncn2C)c1)c1ccc(OC)cc1. The van der Waals surface area contributed by atoms with Crippen molar-refractivity contribution in [1.82, 2.24) is 19.7 Å². The summed E-state index contributed by atoms with van der Waals surface area (Å²) in [5.74, 6) is 1.66. The summed E-state index contributed by atoms with van der Waals surface area (Å²) in [6.07, 6.45) is 6.26. The Kier molecular flexibility index (Phi) is 4.74. The van der Waals surface area contributed by atoms with Crippen LogP contribution in [0.5, 0.6) is 5.75 Å². The van der Waals surface area contributed by atoms with E-state index in [-0.39, 0.29) is 6.04 Å². The van der Waals surface area contributed by atoms with Gasteiger partial charge >= 0.3 is 0 Å². The third kappa shape index (κ3) is 3.37. The number of aromatic nitrogens is 4. The van der Waals surface area contributed by atoms with E-state index in [1.165, 1.54) is 5.56 Å². The molecule has 0 radical (unpaired) electrons. The highest BCUT2D eigenvalue weighted by molar-refractivity contribution is 5.60. The molecule has 3 rings (SSSR count). The summed E-state index contributed by atoms with van der Waals surface area (Å²) in [6.45, 7) is 2.15. The molecule has 0 spiro atoms. The van der Waals surface area contributed by atoms with Gasteiger partial charge in [-0.2, -0.15) is 0 Å². The fraction of sp³-hybridized carbons (Fsp3) is 0.278. The Balaban J connectivity index is 1.82. The topological polar surface area (TPSA) is 64.9 Å². The first kappa shape index (κ1) is 16.0. The van der Waals surface area contributed by atoms with Crippen LogP contribution >= 0.6 is 0 Å². The van der Waals surface area contributed by atoms with Crippen LogP contribution in [-0.2, 0) is 7.05 Å². The molecular formula is C18H21N5O. The van der Waals surface area contributed by atoms with E-state index in [9.17, 15) is 0 Å². The van der Waals surface area contributed by atoms with E-state index in [2.05, 4.69) is 39.6 Å². The van der Waals surface area contributed by atoms with Gasteiger partial charge in [-0.1, -0.05) is 19.1 Å². The molecule has 0 amide bonds. The monoisotopic (exact) mass is 323 g/mol. The van der Waals surface area contributed by atoms with Crippen LogP contribution < -0.4 is 10.1 Å². The summed E-state index contributed by atoms with van der Waals surface area (Å²) in [4.78, 5) is 4.33. The molecule has 0 unspecified atom stereocenters. The van der Waals surface area contributed by atoms with Gasteiger partial charge in [-0.3, -0.25) is 4.98 Å². The standard InChI is InChI=1S/C18H21N5O/c1-4-17(13-5-7-16(24-3)8-6-13)21-15-9-14(10-19-11-15)18-22-20-12-23(18)2/h5-12,17,21H,4H2,1-3H3/t17-/m1/s1. The van der Waals surface area contributed by atoms with Crippen molar-refractivity contribution in [3.8, 4) is 17.1 Å². The van der Waals surface area contributed by atoms with Gasteiger partial charge in [0.05, 0.1) is 18.8 Å². The fourth-order valence-electron chi connectivity index (χ4n) is 2.64. The van der Waals surface area contributed by atoms with Crippen molar-refractivity contribution in [3.63, 3.8) is 0 Å². The minimum atomic E-state index is 0.201. The predicted molar refractivity (Wildman–Crippen MR) is 93.9 cm³/mol. The molecule has 0 fully saturated rings. The number of anilines is 1. The molecule has 2 heterocycles. The van der Waals surface area contributed by atoms with E-state index in [1.54, 1.807) is 19.6 Å². The van der Waals surface area contributed by atoms with Gasteiger partial charge in [0.25, 0.3) is 0 Å². The Labute approximate surface area is 141 Å². The van der Waals surface area contributed by atoms with E-state index in [0.717, 1.165) is 29.2 Å². The molecule has 0 bridgehead atoms. The summed E-state index contributed by atoms with van der Waals surface area (Å²) < 4.78 is 7.10. The van der Waals surface area contributed by atoms with Crippen molar-refractivity contribution in [3.05, 3.63) is 54.6 Å². The smallest absolute Gasteiger partial charge is 0.165 e. The Morgan fingerprint density at radius 2 is 2.00 bits per heavy atom. The van der Waals surface area contributed by atoms with Gasteiger partial charge in [-0.05, 0) is 30.2 Å². The van der Waals surface area contributed by atoms with Crippen molar-refractivity contribution < 1.29 is 4.74 Å². The minimum Gasteiger partial charge on any atom is -0.497 e. The van der Waals surface area contributed by atoms with Crippen molar-refractivity contribution in [2.24, 2.45) is 7.05 Å². The second-order valence-electron chi connectivity index (χ2n) is 5.61. The number of hydrogen-bond donors (Lipinski definition) is 1. The summed E-state index contributed by atoms with van der Waals surface area (Å²) in [5, 5.41) is 11.6. The van der Waals surface area contributed by atoms with E-state index >= 15 is 0 Å². The van der Waals surface area contributed by atoms with Crippen LogP contribution in [0, 0.1) is 0 Å². The molecule has 0 saturated heterocycles. The molecule has 0 aliphatic carbocycles. The maximum Gasteiger partial charge on any atom is 0.165 e. The van der Waals surface area contributed by atoms with Crippen LogP contribution in [0.3, 0.4) is 0 Å². The van der Waals surface area contributed by atoms with Crippen LogP contribution in [-0.4, -0.2) is 26.9 Å². The van der Waals surface area contributed by atoms with Crippen molar-refractivity contribution >= 4 is 5.69 Å². The van der Waals surface area contributed by atoms with Crippen molar-refractivity contribution in [1.29, 1.82) is 0 Å². The van der Waals surface area contributed by atoms with Crippen LogP contribution in [0.2, 0.25) is 0 Å². The zero-order valence-corrected chi connectivity index (χ0v) is 14.1. The molecular weight excluding hydrogens is 302 g/mol. The Bertz CT molecular complexity index is 797. The molecule has 2 aromatic heterocycles. The van der Waals surface area contributed by atoms with Gasteiger partial charge in [-0.15, -0.1) is 10.2 Å². The van der Waals surface area contributed by atoms with Gasteiger partial charge in [0.1, 0.15) is 12.1 Å². The van der Waals surface area contributed by atoms with E-state index in [1.807, 2.05) is 36.0 Å². The summed E-state index contributed by atoms with van der Waals surface area (Å²) in [6, 6.07) is 10.4. The molecule has 1 N–H and O–H groups in total. The van der Waals surface area contributed by atoms with Gasteiger partial charge in [0.15, 0.2) is 5.82 Å². The lowest BCUT2D eigenvalue weighted by Crippen LogP contribution is -2.10. The molecule has 0 saturated carbocycles. The Hall–Kier alpha value is -2.89. The third-order valence-electron chi connectivity index (χ3n) is 3.98. The Morgan fingerprint density at radius 1 is 1.21 bits per heavy atom. The largest absolute Gasteiger partial charge is 0.497 e. The highest BCUT2D eigenvalue weighted by atomic mass is 16.5. The first-order valence-corrected chi connectivity index (χ1v) is 7.91. The van der Waals surface area contributed by atoms with E-state index < -0.39 is 0 Å². The Morgan fingerprint density at radius 3 is 2.62 bits per heavy atom. The average Bonchev–Trinajstić information content (AvgIpc) is 3.06. The van der Waals surface area contributed by atoms with Crippen LogP contribution in [0.15, 0.2) is 49.1 Å². The first-order chi connectivity index (χ1) is 11.7. The second kappa shape index (κ2) is 7.12. The number of ether oxygens (including phenoxy) is 1. The average molecular weight is 323 g/mol. The number of pyridine rings is 1. The number of aryl methyl sites for hydroxylation is 1. The van der Waals surface area contributed by atoms with Gasteiger partial charge in [0.2, 0.25) is 0 Å². The molecule has 24 heavy (non-hydrogen) atoms. The molecule has 1 atom stereocenters. The van der Waals surface area contributed by atoms with E-state index in [4.69, 9.17) is 4.74 Å². The quantitative estimate of drug-likeness (QED) is 0.752. The summed E-state index contributed by atoms with van der Waals surface area (Å²) in [7, 11) is 3.59. The number of nitrogens with one attached hydrogen (secondary N) is 1. The molecule has 6 nitrogen and oxygen atoms in total. The lowest BCUT2D eigenvalue weighted by molar-refractivity contribution is 0.414. The molecule has 6 heteroatoms. The number of nitrogens with zero attached hydrogens (tertiary/aromatic N) is 4. The highest BCUT2D eigenvalue weighted by Crippen LogP contribution is 2.26. The highest BCUT2D eigenvalue weighted by Gasteiger charge is 2.11. The second-order valence-corrected chi connectivity index (χ2v) is 5.61. The third-order valence-corrected chi connectivity index (χ3v) is 3.98. The number of methoxy groups -OCH3 is 1. The van der Waals surface area contributed by atoms with Crippen LogP contribution in [0.4, 0.5) is 5.69 Å². The lowest BCUT2D eigenvalue weighted by atomic mass is 10.0. The zero-order chi connectivity index (χ0) is 16.9. The maximum absolute atomic E-state index is 5.22. The summed E-state index contributed by atoms with van der Waals surface area (Å²) >= 11 is 0. The predicted octanol–water partition coefficient (Wildman–Crippen LogP) is 3.45. The molecule has 0 aliphatic heterocycles. The lowest BCUT2D eigenvalue weighted by Gasteiger charge is -2.19. The number of benzene rings is 1. The number of rotatable bonds is 6. The molecule has 1 aromatic carbocycles. The number of hydrogen-bond acceptors (Lipinski definition) is 5. The first-order valence-electron chi connectivity index (χ1n) is 7.91. The van der Waals surface area contributed by atoms with Gasteiger partial charge in [-0.25, -0.2) is 0 Å². The minimum absolute atomic E-state index is 0.201. The zero-order valence-electron chi connectivity index (χ0n) is 14.1. The normalized spacial score (nSPS) is 12.0. The van der Waals surface area contributed by atoms with E-state index in [0.29, 0.717) is 0 Å². The molecule has 0 aliphatic rings.